The smallest absolute Gasteiger partial charge is 0.238 e. The molecule has 2 amide bonds. The van der Waals surface area contributed by atoms with Crippen molar-refractivity contribution in [2.45, 2.75) is 30.4 Å². The molecular weight excluding hydrogens is 308 g/mol. The number of hydrogen-bond donors (Lipinski definition) is 2. The van der Waals surface area contributed by atoms with Gasteiger partial charge in [0.1, 0.15) is 0 Å². The summed E-state index contributed by atoms with van der Waals surface area (Å²) in [6.07, 6.45) is 0.748. The van der Waals surface area contributed by atoms with Gasteiger partial charge in [0.25, 0.3) is 0 Å². The van der Waals surface area contributed by atoms with Crippen LogP contribution in [-0.4, -0.2) is 17.1 Å². The van der Waals surface area contributed by atoms with Crippen LogP contribution in [0.25, 0.3) is 0 Å². The Morgan fingerprint density at radius 1 is 1.09 bits per heavy atom. The van der Waals surface area contributed by atoms with Crippen molar-refractivity contribution in [2.24, 2.45) is 0 Å². The first-order valence-electron chi connectivity index (χ1n) is 7.46. The summed E-state index contributed by atoms with van der Waals surface area (Å²) >= 11 is 1.61. The monoisotopic (exact) mass is 326 g/mol. The molecule has 2 aromatic rings. The van der Waals surface area contributed by atoms with Crippen LogP contribution in [0.4, 0.5) is 11.4 Å². The summed E-state index contributed by atoms with van der Waals surface area (Å²) in [6.45, 7) is 3.52. The molecule has 2 N–H and O–H groups in total. The van der Waals surface area contributed by atoms with Crippen molar-refractivity contribution in [1.29, 1.82) is 0 Å². The van der Waals surface area contributed by atoms with Gasteiger partial charge in [0.15, 0.2) is 0 Å². The number of carbonyl (C=O) groups is 2. The lowest BCUT2D eigenvalue weighted by molar-refractivity contribution is -0.116. The lowest BCUT2D eigenvalue weighted by Crippen LogP contribution is -2.24. The first-order valence-corrected chi connectivity index (χ1v) is 8.34. The van der Waals surface area contributed by atoms with Crippen molar-refractivity contribution in [2.75, 3.05) is 10.6 Å². The average Bonchev–Trinajstić information content (AvgIpc) is 2.90. The number of amides is 2. The second kappa shape index (κ2) is 6.46. The third kappa shape index (κ3) is 3.74. The van der Waals surface area contributed by atoms with Gasteiger partial charge in [-0.15, -0.1) is 11.8 Å². The number of hydrogen-bond acceptors (Lipinski definition) is 3. The van der Waals surface area contributed by atoms with Crippen molar-refractivity contribution >= 4 is 35.0 Å². The zero-order valence-electron chi connectivity index (χ0n) is 13.1. The zero-order chi connectivity index (χ0) is 16.4. The van der Waals surface area contributed by atoms with E-state index in [1.54, 1.807) is 30.0 Å². The minimum Gasteiger partial charge on any atom is -0.326 e. The predicted octanol–water partition coefficient (Wildman–Crippen LogP) is 3.61. The van der Waals surface area contributed by atoms with Crippen LogP contribution in [0, 0.1) is 6.92 Å². The Bertz CT molecular complexity index is 773. The van der Waals surface area contributed by atoms with Gasteiger partial charge in [-0.1, -0.05) is 23.8 Å². The van der Waals surface area contributed by atoms with Crippen molar-refractivity contribution in [3.05, 3.63) is 53.6 Å². The van der Waals surface area contributed by atoms with E-state index in [4.69, 9.17) is 0 Å². The largest absolute Gasteiger partial charge is 0.326 e. The topological polar surface area (TPSA) is 58.2 Å². The number of aryl methyl sites for hydroxylation is 1. The number of fused-ring (bicyclic) bond motifs is 1. The van der Waals surface area contributed by atoms with E-state index in [0.717, 1.165) is 6.42 Å². The minimum atomic E-state index is -0.134. The summed E-state index contributed by atoms with van der Waals surface area (Å²) in [7, 11) is 0. The molecule has 0 fully saturated rings. The van der Waals surface area contributed by atoms with Crippen LogP contribution in [0.5, 0.6) is 0 Å². The molecule has 2 aromatic carbocycles. The summed E-state index contributed by atoms with van der Waals surface area (Å²) in [5, 5.41) is 5.53. The standard InChI is InChI=1S/C18H18N2O2S/c1-11-6-7-13-9-17(23-16(13)8-11)18(22)20-15-5-3-4-14(10-15)19-12(2)21/h3-8,10,17H,9H2,1-2H3,(H,19,21)(H,20,22)/t17-/m0/s1. The Hall–Kier alpha value is -2.27. The van der Waals surface area contributed by atoms with Crippen molar-refractivity contribution in [1.82, 2.24) is 0 Å². The van der Waals surface area contributed by atoms with Gasteiger partial charge in [0.2, 0.25) is 11.8 Å². The second-order valence-electron chi connectivity index (χ2n) is 5.67. The SMILES string of the molecule is CC(=O)Nc1cccc(NC(=O)[C@@H]2Cc3ccc(C)cc3S2)c1. The average molecular weight is 326 g/mol. The van der Waals surface area contributed by atoms with Crippen LogP contribution >= 0.6 is 11.8 Å². The predicted molar refractivity (Wildman–Crippen MR) is 93.9 cm³/mol. The van der Waals surface area contributed by atoms with Crippen molar-refractivity contribution in [3.63, 3.8) is 0 Å². The van der Waals surface area contributed by atoms with Crippen LogP contribution in [-0.2, 0) is 16.0 Å². The van der Waals surface area contributed by atoms with E-state index in [1.807, 2.05) is 6.07 Å². The molecule has 0 saturated carbocycles. The highest BCUT2D eigenvalue weighted by molar-refractivity contribution is 8.01. The fourth-order valence-electron chi connectivity index (χ4n) is 2.58. The quantitative estimate of drug-likeness (QED) is 0.906. The first-order chi connectivity index (χ1) is 11.0. The van der Waals surface area contributed by atoms with Crippen LogP contribution in [0.15, 0.2) is 47.4 Å². The molecule has 23 heavy (non-hydrogen) atoms. The zero-order valence-corrected chi connectivity index (χ0v) is 13.9. The van der Waals surface area contributed by atoms with Crippen LogP contribution < -0.4 is 10.6 Å². The third-order valence-electron chi connectivity index (χ3n) is 3.64. The third-order valence-corrected chi connectivity index (χ3v) is 4.94. The molecule has 118 valence electrons. The molecular formula is C18H18N2O2S. The van der Waals surface area contributed by atoms with Crippen LogP contribution in [0.1, 0.15) is 18.1 Å². The fourth-order valence-corrected chi connectivity index (χ4v) is 3.87. The number of rotatable bonds is 3. The molecule has 1 atom stereocenters. The molecule has 3 rings (SSSR count). The van der Waals surface area contributed by atoms with Crippen molar-refractivity contribution in [3.8, 4) is 0 Å². The maximum atomic E-state index is 12.5. The van der Waals surface area contributed by atoms with Gasteiger partial charge in [-0.3, -0.25) is 9.59 Å². The van der Waals surface area contributed by atoms with Gasteiger partial charge in [0, 0.05) is 23.2 Å². The van der Waals surface area contributed by atoms with Gasteiger partial charge in [-0.2, -0.15) is 0 Å². The fraction of sp³-hybridized carbons (Fsp3) is 0.222. The van der Waals surface area contributed by atoms with E-state index in [2.05, 4.69) is 35.8 Å². The lowest BCUT2D eigenvalue weighted by Gasteiger charge is -2.11. The summed E-state index contributed by atoms with van der Waals surface area (Å²) in [5.74, 6) is -0.144. The number of anilines is 2. The summed E-state index contributed by atoms with van der Waals surface area (Å²) in [5.41, 5.74) is 3.80. The molecule has 0 radical (unpaired) electrons. The van der Waals surface area contributed by atoms with Crippen LogP contribution in [0.3, 0.4) is 0 Å². The summed E-state index contributed by atoms with van der Waals surface area (Å²) in [6, 6.07) is 13.5. The maximum Gasteiger partial charge on any atom is 0.238 e. The molecule has 5 heteroatoms. The highest BCUT2D eigenvalue weighted by Crippen LogP contribution is 2.38. The van der Waals surface area contributed by atoms with E-state index in [-0.39, 0.29) is 17.1 Å². The Morgan fingerprint density at radius 2 is 1.83 bits per heavy atom. The first kappa shape index (κ1) is 15.6. The molecule has 0 spiro atoms. The van der Waals surface area contributed by atoms with Gasteiger partial charge >= 0.3 is 0 Å². The Labute approximate surface area is 139 Å². The maximum absolute atomic E-state index is 12.5. The summed E-state index contributed by atoms with van der Waals surface area (Å²) < 4.78 is 0. The van der Waals surface area contributed by atoms with E-state index >= 15 is 0 Å². The Balaban J connectivity index is 1.68. The number of thioether (sulfide) groups is 1. The molecule has 0 unspecified atom stereocenters. The van der Waals surface area contributed by atoms with Gasteiger partial charge < -0.3 is 10.6 Å². The van der Waals surface area contributed by atoms with Gasteiger partial charge in [-0.25, -0.2) is 0 Å². The summed E-state index contributed by atoms with van der Waals surface area (Å²) in [4.78, 5) is 24.8. The molecule has 0 aliphatic carbocycles. The number of carbonyl (C=O) groups excluding carboxylic acids is 2. The van der Waals surface area contributed by atoms with E-state index in [1.165, 1.54) is 22.9 Å². The molecule has 1 aliphatic heterocycles. The molecule has 1 heterocycles. The van der Waals surface area contributed by atoms with E-state index in [9.17, 15) is 9.59 Å². The van der Waals surface area contributed by atoms with Gasteiger partial charge in [0.05, 0.1) is 5.25 Å². The lowest BCUT2D eigenvalue weighted by atomic mass is 10.1. The molecule has 0 aromatic heterocycles. The van der Waals surface area contributed by atoms with Crippen molar-refractivity contribution < 1.29 is 9.59 Å². The Kier molecular flexibility index (Phi) is 4.39. The number of nitrogens with one attached hydrogen (secondary N) is 2. The normalized spacial score (nSPS) is 15.8. The highest BCUT2D eigenvalue weighted by atomic mass is 32.2. The van der Waals surface area contributed by atoms with Crippen LogP contribution in [0.2, 0.25) is 0 Å². The highest BCUT2D eigenvalue weighted by Gasteiger charge is 2.28. The van der Waals surface area contributed by atoms with E-state index < -0.39 is 0 Å². The molecule has 0 saturated heterocycles. The second-order valence-corrected chi connectivity index (χ2v) is 6.92. The minimum absolute atomic E-state index is 0.0103. The molecule has 4 nitrogen and oxygen atoms in total. The molecule has 1 aliphatic rings. The van der Waals surface area contributed by atoms with E-state index in [0.29, 0.717) is 11.4 Å². The number of benzene rings is 2. The van der Waals surface area contributed by atoms with Gasteiger partial charge in [-0.05, 0) is 43.2 Å². The Morgan fingerprint density at radius 3 is 2.57 bits per heavy atom. The molecule has 0 bridgehead atoms.